The summed E-state index contributed by atoms with van der Waals surface area (Å²) in [6, 6.07) is 15.4. The Kier molecular flexibility index (Phi) is 6.16. The maximum atomic E-state index is 12.4. The number of hydrogen-bond acceptors (Lipinski definition) is 3. The van der Waals surface area contributed by atoms with Crippen molar-refractivity contribution >= 4 is 5.91 Å². The van der Waals surface area contributed by atoms with E-state index in [9.17, 15) is 9.90 Å². The van der Waals surface area contributed by atoms with E-state index in [1.165, 1.54) is 5.56 Å². The first-order valence-electron chi connectivity index (χ1n) is 9.32. The quantitative estimate of drug-likeness (QED) is 0.859. The molecule has 0 unspecified atom stereocenters. The molecule has 1 N–H and O–H groups in total. The van der Waals surface area contributed by atoms with E-state index in [4.69, 9.17) is 4.74 Å². The van der Waals surface area contributed by atoms with Crippen molar-refractivity contribution in [3.63, 3.8) is 0 Å². The predicted octanol–water partition coefficient (Wildman–Crippen LogP) is 3.81. The monoisotopic (exact) mass is 353 g/mol. The lowest BCUT2D eigenvalue weighted by Crippen LogP contribution is -2.39. The average Bonchev–Trinajstić information content (AvgIpc) is 2.68. The number of phenolic OH excluding ortho intramolecular Hbond substituents is 1. The molecule has 1 fully saturated rings. The van der Waals surface area contributed by atoms with Gasteiger partial charge in [-0.25, -0.2) is 0 Å². The number of amides is 1. The minimum Gasteiger partial charge on any atom is -0.508 e. The Labute approximate surface area is 155 Å². The molecule has 0 bridgehead atoms. The smallest absolute Gasteiger partial charge is 0.222 e. The van der Waals surface area contributed by atoms with Crippen LogP contribution < -0.4 is 4.74 Å². The number of methoxy groups -OCH3 is 1. The van der Waals surface area contributed by atoms with Crippen molar-refractivity contribution in [1.82, 2.24) is 4.90 Å². The fourth-order valence-electron chi connectivity index (χ4n) is 3.59. The topological polar surface area (TPSA) is 49.8 Å². The van der Waals surface area contributed by atoms with Crippen LogP contribution in [0.15, 0.2) is 48.5 Å². The van der Waals surface area contributed by atoms with Gasteiger partial charge in [-0.2, -0.15) is 0 Å². The van der Waals surface area contributed by atoms with Crippen molar-refractivity contribution in [1.29, 1.82) is 0 Å². The number of phenols is 1. The molecule has 26 heavy (non-hydrogen) atoms. The molecule has 0 saturated carbocycles. The third-order valence-electron chi connectivity index (χ3n) is 5.19. The summed E-state index contributed by atoms with van der Waals surface area (Å²) in [5.41, 5.74) is 2.39. The predicted molar refractivity (Wildman–Crippen MR) is 102 cm³/mol. The molecular formula is C22H27NO3. The zero-order valence-electron chi connectivity index (χ0n) is 15.4. The number of benzene rings is 2. The van der Waals surface area contributed by atoms with Crippen molar-refractivity contribution < 1.29 is 14.6 Å². The molecule has 1 amide bonds. The first-order chi connectivity index (χ1) is 12.6. The molecule has 1 aliphatic heterocycles. The first kappa shape index (κ1) is 18.3. The van der Waals surface area contributed by atoms with Gasteiger partial charge < -0.3 is 14.7 Å². The van der Waals surface area contributed by atoms with E-state index >= 15 is 0 Å². The summed E-state index contributed by atoms with van der Waals surface area (Å²) in [6.45, 7) is 1.70. The molecule has 4 nitrogen and oxygen atoms in total. The van der Waals surface area contributed by atoms with E-state index in [1.54, 1.807) is 19.2 Å². The van der Waals surface area contributed by atoms with Crippen molar-refractivity contribution in [3.05, 3.63) is 59.7 Å². The number of rotatable bonds is 6. The third-order valence-corrected chi connectivity index (χ3v) is 5.19. The van der Waals surface area contributed by atoms with Gasteiger partial charge in [0.15, 0.2) is 0 Å². The molecule has 2 aromatic carbocycles. The van der Waals surface area contributed by atoms with Gasteiger partial charge in [-0.1, -0.05) is 24.3 Å². The highest BCUT2D eigenvalue weighted by Crippen LogP contribution is 2.24. The number of likely N-dealkylation sites (tertiary alicyclic amines) is 1. The highest BCUT2D eigenvalue weighted by Gasteiger charge is 2.22. The van der Waals surface area contributed by atoms with Gasteiger partial charge in [0, 0.05) is 19.5 Å². The van der Waals surface area contributed by atoms with Gasteiger partial charge in [-0.3, -0.25) is 4.79 Å². The lowest BCUT2D eigenvalue weighted by Gasteiger charge is -2.32. The number of carbonyl (C=O) groups is 1. The molecule has 1 saturated heterocycles. The Morgan fingerprint density at radius 2 is 1.85 bits per heavy atom. The van der Waals surface area contributed by atoms with Crippen molar-refractivity contribution in [2.24, 2.45) is 5.92 Å². The fourth-order valence-corrected chi connectivity index (χ4v) is 3.59. The van der Waals surface area contributed by atoms with Crippen LogP contribution in [0.4, 0.5) is 0 Å². The molecule has 0 radical (unpaired) electrons. The Balaban J connectivity index is 1.43. The number of carbonyl (C=O) groups excluding carboxylic acids is 1. The zero-order chi connectivity index (χ0) is 18.4. The minimum absolute atomic E-state index is 0.234. The second-order valence-corrected chi connectivity index (χ2v) is 7.05. The van der Waals surface area contributed by atoms with E-state index in [2.05, 4.69) is 12.1 Å². The molecular weight excluding hydrogens is 326 g/mol. The van der Waals surface area contributed by atoms with Crippen LogP contribution >= 0.6 is 0 Å². The number of ether oxygens (including phenoxy) is 1. The number of piperidine rings is 1. The van der Waals surface area contributed by atoms with Crippen LogP contribution in [0.3, 0.4) is 0 Å². The summed E-state index contributed by atoms with van der Waals surface area (Å²) in [5, 5.41) is 9.32. The summed E-state index contributed by atoms with van der Waals surface area (Å²) in [4.78, 5) is 14.4. The fraction of sp³-hybridized carbons (Fsp3) is 0.409. The third kappa shape index (κ3) is 5.01. The molecule has 1 heterocycles. The van der Waals surface area contributed by atoms with Gasteiger partial charge in [0.1, 0.15) is 11.5 Å². The molecule has 0 aromatic heterocycles. The summed E-state index contributed by atoms with van der Waals surface area (Å²) in [7, 11) is 1.70. The summed E-state index contributed by atoms with van der Waals surface area (Å²) < 4.78 is 5.30. The molecule has 138 valence electrons. The van der Waals surface area contributed by atoms with Crippen LogP contribution in [-0.4, -0.2) is 36.1 Å². The van der Waals surface area contributed by atoms with Crippen molar-refractivity contribution in [2.45, 2.75) is 32.1 Å². The molecule has 2 aromatic rings. The molecule has 0 atom stereocenters. The molecule has 0 aliphatic carbocycles. The van der Waals surface area contributed by atoms with E-state index in [1.807, 2.05) is 29.2 Å². The number of hydrogen-bond donors (Lipinski definition) is 1. The van der Waals surface area contributed by atoms with E-state index in [-0.39, 0.29) is 11.7 Å². The summed E-state index contributed by atoms with van der Waals surface area (Å²) in [5.74, 6) is 2.03. The Morgan fingerprint density at radius 3 is 2.54 bits per heavy atom. The van der Waals surface area contributed by atoms with Crippen LogP contribution in [0.2, 0.25) is 0 Å². The van der Waals surface area contributed by atoms with E-state index in [0.29, 0.717) is 12.3 Å². The van der Waals surface area contributed by atoms with Gasteiger partial charge in [-0.15, -0.1) is 0 Å². The maximum absolute atomic E-state index is 12.4. The van der Waals surface area contributed by atoms with Crippen LogP contribution in [0, 0.1) is 5.92 Å². The van der Waals surface area contributed by atoms with E-state index < -0.39 is 0 Å². The highest BCUT2D eigenvalue weighted by atomic mass is 16.5. The van der Waals surface area contributed by atoms with Gasteiger partial charge >= 0.3 is 0 Å². The van der Waals surface area contributed by atoms with Gasteiger partial charge in [0.25, 0.3) is 0 Å². The van der Waals surface area contributed by atoms with Gasteiger partial charge in [-0.05, 0) is 67.0 Å². The minimum atomic E-state index is 0.234. The molecule has 4 heteroatoms. The second-order valence-electron chi connectivity index (χ2n) is 7.05. The van der Waals surface area contributed by atoms with Crippen LogP contribution in [0.25, 0.3) is 0 Å². The normalized spacial score (nSPS) is 15.0. The summed E-state index contributed by atoms with van der Waals surface area (Å²) >= 11 is 0. The van der Waals surface area contributed by atoms with Crippen LogP contribution in [0.5, 0.6) is 11.5 Å². The van der Waals surface area contributed by atoms with Crippen LogP contribution in [-0.2, 0) is 17.6 Å². The van der Waals surface area contributed by atoms with Crippen molar-refractivity contribution in [2.75, 3.05) is 20.2 Å². The highest BCUT2D eigenvalue weighted by molar-refractivity contribution is 5.76. The molecule has 3 rings (SSSR count). The number of aryl methyl sites for hydroxylation is 1. The van der Waals surface area contributed by atoms with E-state index in [0.717, 1.165) is 50.1 Å². The molecule has 1 aliphatic rings. The largest absolute Gasteiger partial charge is 0.508 e. The number of nitrogens with zero attached hydrogens (tertiary/aromatic N) is 1. The lowest BCUT2D eigenvalue weighted by molar-refractivity contribution is -0.132. The standard InChI is InChI=1S/C22H27NO3/c1-26-21-4-2-3-19(16-21)15-18-11-13-23(14-12-18)22(25)10-7-17-5-8-20(24)9-6-17/h2-6,8-9,16,18,24H,7,10-15H2,1H3. The Bertz CT molecular complexity index is 718. The first-order valence-corrected chi connectivity index (χ1v) is 9.32. The summed E-state index contributed by atoms with van der Waals surface area (Å²) in [6.07, 6.45) is 4.42. The Morgan fingerprint density at radius 1 is 1.12 bits per heavy atom. The average molecular weight is 353 g/mol. The second kappa shape index (κ2) is 8.75. The van der Waals surface area contributed by atoms with Gasteiger partial charge in [0.05, 0.1) is 7.11 Å². The van der Waals surface area contributed by atoms with Crippen LogP contribution in [0.1, 0.15) is 30.4 Å². The SMILES string of the molecule is COc1cccc(CC2CCN(C(=O)CCc3ccc(O)cc3)CC2)c1. The lowest BCUT2D eigenvalue weighted by atomic mass is 9.90. The van der Waals surface area contributed by atoms with Crippen molar-refractivity contribution in [3.8, 4) is 11.5 Å². The maximum Gasteiger partial charge on any atom is 0.222 e. The Hall–Kier alpha value is -2.49. The number of aromatic hydroxyl groups is 1. The van der Waals surface area contributed by atoms with Gasteiger partial charge in [0.2, 0.25) is 5.91 Å². The molecule has 0 spiro atoms. The zero-order valence-corrected chi connectivity index (χ0v) is 15.4.